The highest BCUT2D eigenvalue weighted by atomic mass is 15.3. The van der Waals surface area contributed by atoms with Gasteiger partial charge < -0.3 is 10.6 Å². The molecule has 2 rings (SSSR count). The normalized spacial score (nSPS) is 21.5. The van der Waals surface area contributed by atoms with Gasteiger partial charge in [-0.1, -0.05) is 0 Å². The van der Waals surface area contributed by atoms with E-state index in [1.165, 1.54) is 19.4 Å². The van der Waals surface area contributed by atoms with Crippen molar-refractivity contribution in [3.05, 3.63) is 12.3 Å². The highest BCUT2D eigenvalue weighted by Crippen LogP contribution is 2.17. The van der Waals surface area contributed by atoms with E-state index in [2.05, 4.69) is 29.0 Å². The summed E-state index contributed by atoms with van der Waals surface area (Å²) in [5.41, 5.74) is 5.60. The molecular weight excluding hydrogens is 214 g/mol. The van der Waals surface area contributed by atoms with Crippen LogP contribution < -0.4 is 5.73 Å². The molecule has 1 atom stereocenters. The van der Waals surface area contributed by atoms with Gasteiger partial charge in [0, 0.05) is 25.3 Å². The van der Waals surface area contributed by atoms with Crippen molar-refractivity contribution < 1.29 is 0 Å². The van der Waals surface area contributed by atoms with E-state index in [1.807, 2.05) is 16.9 Å². The smallest absolute Gasteiger partial charge is 0.145 e. The van der Waals surface area contributed by atoms with E-state index in [0.29, 0.717) is 11.9 Å². The van der Waals surface area contributed by atoms with E-state index >= 15 is 0 Å². The highest BCUT2D eigenvalue weighted by molar-refractivity contribution is 5.23. The van der Waals surface area contributed by atoms with Crippen LogP contribution in [-0.4, -0.2) is 59.4 Å². The number of hydrogen-bond acceptors (Lipinski definition) is 4. The van der Waals surface area contributed by atoms with Crippen LogP contribution in [0.1, 0.15) is 12.8 Å². The molecule has 0 aromatic carbocycles. The Morgan fingerprint density at radius 1 is 1.47 bits per heavy atom. The Bertz CT molecular complexity index is 346. The lowest BCUT2D eigenvalue weighted by Crippen LogP contribution is -2.39. The zero-order valence-electron chi connectivity index (χ0n) is 10.8. The third kappa shape index (κ3) is 3.44. The standard InChI is InChI=1S/C12H23N5/c1-15(2)10-11-4-3-6-16(11)8-9-17-7-5-12(13)14-17/h5,7,11H,3-4,6,8-10H2,1-2H3,(H2,13,14). The van der Waals surface area contributed by atoms with Gasteiger partial charge in [0.15, 0.2) is 0 Å². The summed E-state index contributed by atoms with van der Waals surface area (Å²) in [5, 5.41) is 4.21. The largest absolute Gasteiger partial charge is 0.382 e. The van der Waals surface area contributed by atoms with Crippen LogP contribution in [0.5, 0.6) is 0 Å². The topological polar surface area (TPSA) is 50.3 Å². The van der Waals surface area contributed by atoms with Crippen LogP contribution in [0.25, 0.3) is 0 Å². The van der Waals surface area contributed by atoms with Crippen molar-refractivity contribution in [2.75, 3.05) is 39.5 Å². The molecule has 1 aromatic heterocycles. The fourth-order valence-corrected chi connectivity index (χ4v) is 2.55. The Morgan fingerprint density at radius 2 is 2.29 bits per heavy atom. The van der Waals surface area contributed by atoms with Crippen LogP contribution in [0, 0.1) is 0 Å². The van der Waals surface area contributed by atoms with E-state index in [4.69, 9.17) is 5.73 Å². The molecule has 1 fully saturated rings. The van der Waals surface area contributed by atoms with Crippen LogP contribution in [0.4, 0.5) is 5.82 Å². The molecule has 0 radical (unpaired) electrons. The molecule has 0 spiro atoms. The molecule has 0 aliphatic carbocycles. The first-order chi connectivity index (χ1) is 8.15. The molecule has 2 N–H and O–H groups in total. The maximum Gasteiger partial charge on any atom is 0.145 e. The number of likely N-dealkylation sites (tertiary alicyclic amines) is 1. The molecule has 2 heterocycles. The number of rotatable bonds is 5. The summed E-state index contributed by atoms with van der Waals surface area (Å²) in [6.07, 6.45) is 4.59. The number of nitrogens with zero attached hydrogens (tertiary/aromatic N) is 4. The third-order valence-corrected chi connectivity index (χ3v) is 3.35. The Kier molecular flexibility index (Phi) is 4.02. The maximum atomic E-state index is 5.60. The number of hydrogen-bond donors (Lipinski definition) is 1. The van der Waals surface area contributed by atoms with Gasteiger partial charge in [-0.25, -0.2) is 0 Å². The molecule has 96 valence electrons. The van der Waals surface area contributed by atoms with Crippen molar-refractivity contribution in [2.45, 2.75) is 25.4 Å². The highest BCUT2D eigenvalue weighted by Gasteiger charge is 2.24. The van der Waals surface area contributed by atoms with Crippen molar-refractivity contribution in [1.82, 2.24) is 19.6 Å². The van der Waals surface area contributed by atoms with E-state index in [-0.39, 0.29) is 0 Å². The average molecular weight is 237 g/mol. The van der Waals surface area contributed by atoms with Gasteiger partial charge in [0.05, 0.1) is 6.54 Å². The Balaban J connectivity index is 1.81. The molecule has 1 unspecified atom stereocenters. The van der Waals surface area contributed by atoms with Crippen LogP contribution in [0.3, 0.4) is 0 Å². The van der Waals surface area contributed by atoms with Crippen molar-refractivity contribution >= 4 is 5.82 Å². The Morgan fingerprint density at radius 3 is 2.94 bits per heavy atom. The van der Waals surface area contributed by atoms with Crippen LogP contribution >= 0.6 is 0 Å². The van der Waals surface area contributed by atoms with E-state index < -0.39 is 0 Å². The van der Waals surface area contributed by atoms with Gasteiger partial charge >= 0.3 is 0 Å². The quantitative estimate of drug-likeness (QED) is 0.810. The second kappa shape index (κ2) is 5.51. The van der Waals surface area contributed by atoms with Gasteiger partial charge in [-0.2, -0.15) is 5.10 Å². The summed E-state index contributed by atoms with van der Waals surface area (Å²) in [4.78, 5) is 4.84. The fourth-order valence-electron chi connectivity index (χ4n) is 2.55. The third-order valence-electron chi connectivity index (χ3n) is 3.35. The summed E-state index contributed by atoms with van der Waals surface area (Å²) in [6, 6.07) is 2.55. The molecule has 5 nitrogen and oxygen atoms in total. The van der Waals surface area contributed by atoms with Crippen molar-refractivity contribution in [1.29, 1.82) is 0 Å². The summed E-state index contributed by atoms with van der Waals surface area (Å²) < 4.78 is 1.93. The molecule has 1 saturated heterocycles. The number of nitrogens with two attached hydrogens (primary N) is 1. The lowest BCUT2D eigenvalue weighted by molar-refractivity contribution is 0.199. The van der Waals surface area contributed by atoms with Crippen molar-refractivity contribution in [3.8, 4) is 0 Å². The minimum Gasteiger partial charge on any atom is -0.382 e. The van der Waals surface area contributed by atoms with Crippen LogP contribution in [-0.2, 0) is 6.54 Å². The van der Waals surface area contributed by atoms with Crippen LogP contribution in [0.2, 0.25) is 0 Å². The summed E-state index contributed by atoms with van der Waals surface area (Å²) >= 11 is 0. The number of likely N-dealkylation sites (N-methyl/N-ethyl adjacent to an activating group) is 1. The minimum absolute atomic E-state index is 0.608. The second-order valence-corrected chi connectivity index (χ2v) is 5.10. The summed E-state index contributed by atoms with van der Waals surface area (Å²) in [7, 11) is 4.29. The van der Waals surface area contributed by atoms with E-state index in [0.717, 1.165) is 19.6 Å². The SMILES string of the molecule is CN(C)CC1CCCN1CCn1ccc(N)n1. The number of anilines is 1. The Labute approximate surface area is 103 Å². The predicted octanol–water partition coefficient (Wildman–Crippen LogP) is 0.491. The van der Waals surface area contributed by atoms with E-state index in [1.54, 1.807) is 0 Å². The predicted molar refractivity (Wildman–Crippen MR) is 69.8 cm³/mol. The van der Waals surface area contributed by atoms with Gasteiger partial charge in [-0.3, -0.25) is 9.58 Å². The molecule has 0 amide bonds. The molecule has 0 saturated carbocycles. The molecule has 1 aliphatic heterocycles. The molecule has 0 bridgehead atoms. The van der Waals surface area contributed by atoms with Crippen molar-refractivity contribution in [2.24, 2.45) is 0 Å². The number of nitrogen functional groups attached to an aromatic ring is 1. The van der Waals surface area contributed by atoms with Gasteiger partial charge in [0.2, 0.25) is 0 Å². The van der Waals surface area contributed by atoms with Gasteiger partial charge in [-0.05, 0) is 39.5 Å². The molecular formula is C12H23N5. The van der Waals surface area contributed by atoms with Crippen molar-refractivity contribution in [3.63, 3.8) is 0 Å². The zero-order chi connectivity index (χ0) is 12.3. The van der Waals surface area contributed by atoms with Gasteiger partial charge in [0.1, 0.15) is 5.82 Å². The first-order valence-corrected chi connectivity index (χ1v) is 6.33. The zero-order valence-corrected chi connectivity index (χ0v) is 10.8. The average Bonchev–Trinajstić information content (AvgIpc) is 2.84. The number of aromatic nitrogens is 2. The summed E-state index contributed by atoms with van der Waals surface area (Å²) in [6.45, 7) is 4.37. The molecule has 17 heavy (non-hydrogen) atoms. The second-order valence-electron chi connectivity index (χ2n) is 5.10. The first-order valence-electron chi connectivity index (χ1n) is 6.33. The molecule has 1 aromatic rings. The molecule has 1 aliphatic rings. The van der Waals surface area contributed by atoms with Gasteiger partial charge in [0.25, 0.3) is 0 Å². The first kappa shape index (κ1) is 12.4. The minimum atomic E-state index is 0.608. The van der Waals surface area contributed by atoms with Crippen LogP contribution in [0.15, 0.2) is 12.3 Å². The lowest BCUT2D eigenvalue weighted by Gasteiger charge is -2.26. The fraction of sp³-hybridized carbons (Fsp3) is 0.750. The summed E-state index contributed by atoms with van der Waals surface area (Å²) in [5.74, 6) is 0.608. The van der Waals surface area contributed by atoms with Gasteiger partial charge in [-0.15, -0.1) is 0 Å². The monoisotopic (exact) mass is 237 g/mol. The maximum absolute atomic E-state index is 5.60. The molecule has 5 heteroatoms. The lowest BCUT2D eigenvalue weighted by atomic mass is 10.2. The Hall–Kier alpha value is -1.07. The van der Waals surface area contributed by atoms with E-state index in [9.17, 15) is 0 Å².